The Morgan fingerprint density at radius 3 is 2.90 bits per heavy atom. The lowest BCUT2D eigenvalue weighted by Crippen LogP contribution is -2.41. The summed E-state index contributed by atoms with van der Waals surface area (Å²) in [5.74, 6) is 0.445. The molecule has 1 aromatic heterocycles. The molecule has 1 aliphatic carbocycles. The average Bonchev–Trinajstić information content (AvgIpc) is 2.95. The van der Waals surface area contributed by atoms with Crippen molar-refractivity contribution in [3.8, 4) is 0 Å². The van der Waals surface area contributed by atoms with Gasteiger partial charge >= 0.3 is 0 Å². The van der Waals surface area contributed by atoms with Crippen LogP contribution >= 0.6 is 0 Å². The third-order valence-corrected chi connectivity index (χ3v) is 5.70. The molecule has 7 heteroatoms. The number of rotatable bonds is 7. The molecule has 1 saturated carbocycles. The van der Waals surface area contributed by atoms with Gasteiger partial charge < -0.3 is 5.73 Å². The smallest absolute Gasteiger partial charge is 0.243 e. The lowest BCUT2D eigenvalue weighted by molar-refractivity contribution is 0.282. The number of nitrogens with two attached hydrogens (primary N) is 1. The molecule has 0 amide bonds. The zero-order chi connectivity index (χ0) is 15.3. The van der Waals surface area contributed by atoms with Crippen molar-refractivity contribution >= 4 is 10.0 Å². The first-order valence-corrected chi connectivity index (χ1v) is 9.30. The van der Waals surface area contributed by atoms with Gasteiger partial charge in [-0.2, -0.15) is 5.10 Å². The molecule has 0 bridgehead atoms. The molecule has 0 aliphatic heterocycles. The molecule has 1 aliphatic rings. The van der Waals surface area contributed by atoms with Crippen molar-refractivity contribution in [1.82, 2.24) is 14.5 Å². The minimum atomic E-state index is -3.47. The van der Waals surface area contributed by atoms with E-state index >= 15 is 0 Å². The molecule has 1 fully saturated rings. The van der Waals surface area contributed by atoms with Crippen LogP contribution in [-0.2, 0) is 16.6 Å². The van der Waals surface area contributed by atoms with E-state index in [1.165, 1.54) is 12.6 Å². The van der Waals surface area contributed by atoms with Crippen LogP contribution in [0.25, 0.3) is 0 Å². The van der Waals surface area contributed by atoms with Gasteiger partial charge in [0.1, 0.15) is 4.90 Å². The molecule has 6 nitrogen and oxygen atoms in total. The van der Waals surface area contributed by atoms with Crippen LogP contribution in [0.3, 0.4) is 0 Å². The van der Waals surface area contributed by atoms with Crippen molar-refractivity contribution in [2.24, 2.45) is 11.7 Å². The normalized spacial score (nSPS) is 23.3. The second-order valence-electron chi connectivity index (χ2n) is 5.76. The van der Waals surface area contributed by atoms with E-state index in [2.05, 4.69) is 16.7 Å². The van der Waals surface area contributed by atoms with E-state index in [9.17, 15) is 8.42 Å². The second kappa shape index (κ2) is 7.38. The Kier molecular flexibility index (Phi) is 5.78. The highest BCUT2D eigenvalue weighted by Crippen LogP contribution is 2.28. The van der Waals surface area contributed by atoms with Crippen LogP contribution in [0.1, 0.15) is 45.4 Å². The van der Waals surface area contributed by atoms with Crippen LogP contribution in [0, 0.1) is 5.92 Å². The fraction of sp³-hybridized carbons (Fsp3) is 0.786. The molecular weight excluding hydrogens is 288 g/mol. The summed E-state index contributed by atoms with van der Waals surface area (Å²) in [6.45, 7) is 3.34. The van der Waals surface area contributed by atoms with Gasteiger partial charge in [-0.15, -0.1) is 0 Å². The molecule has 120 valence electrons. The fourth-order valence-corrected chi connectivity index (χ4v) is 4.27. The van der Waals surface area contributed by atoms with E-state index in [4.69, 9.17) is 5.73 Å². The molecule has 2 atom stereocenters. The standard InChI is InChI=1S/C14H26N4O2S/c1-2-12-6-3-4-7-14(12)17-21(19,20)13-10-16-18(11-13)9-5-8-15/h10-12,14,17H,2-9,15H2,1H3. The number of nitrogens with one attached hydrogen (secondary N) is 1. The van der Waals surface area contributed by atoms with E-state index in [1.54, 1.807) is 10.9 Å². The van der Waals surface area contributed by atoms with Crippen molar-refractivity contribution < 1.29 is 8.42 Å². The first-order valence-electron chi connectivity index (χ1n) is 7.81. The number of aromatic nitrogens is 2. The largest absolute Gasteiger partial charge is 0.330 e. The van der Waals surface area contributed by atoms with Gasteiger partial charge in [-0.05, 0) is 31.7 Å². The molecule has 0 aromatic carbocycles. The highest BCUT2D eigenvalue weighted by atomic mass is 32.2. The maximum absolute atomic E-state index is 12.5. The Labute approximate surface area is 127 Å². The summed E-state index contributed by atoms with van der Waals surface area (Å²) in [4.78, 5) is 0.250. The lowest BCUT2D eigenvalue weighted by atomic mass is 9.83. The molecule has 2 rings (SSSR count). The average molecular weight is 314 g/mol. The molecular formula is C14H26N4O2S. The zero-order valence-electron chi connectivity index (χ0n) is 12.7. The van der Waals surface area contributed by atoms with E-state index in [0.717, 1.165) is 32.1 Å². The van der Waals surface area contributed by atoms with E-state index in [-0.39, 0.29) is 10.9 Å². The van der Waals surface area contributed by atoms with Gasteiger partial charge in [-0.3, -0.25) is 4.68 Å². The van der Waals surface area contributed by atoms with Crippen LogP contribution in [0.4, 0.5) is 0 Å². The van der Waals surface area contributed by atoms with Crippen LogP contribution in [-0.4, -0.2) is 30.8 Å². The van der Waals surface area contributed by atoms with Gasteiger partial charge in [0.05, 0.1) is 6.20 Å². The van der Waals surface area contributed by atoms with Gasteiger partial charge in [0.25, 0.3) is 0 Å². The molecule has 0 radical (unpaired) electrons. The molecule has 2 unspecified atom stereocenters. The first-order chi connectivity index (χ1) is 10.1. The third-order valence-electron chi connectivity index (χ3n) is 4.25. The van der Waals surface area contributed by atoms with Crippen LogP contribution in [0.2, 0.25) is 0 Å². The van der Waals surface area contributed by atoms with Gasteiger partial charge in [-0.1, -0.05) is 26.2 Å². The number of aryl methyl sites for hydroxylation is 1. The Morgan fingerprint density at radius 1 is 1.43 bits per heavy atom. The van der Waals surface area contributed by atoms with Gasteiger partial charge in [0.15, 0.2) is 0 Å². The predicted octanol–water partition coefficient (Wildman–Crippen LogP) is 1.48. The fourth-order valence-electron chi connectivity index (χ4n) is 2.98. The number of hydrogen-bond donors (Lipinski definition) is 2. The van der Waals surface area contributed by atoms with Gasteiger partial charge in [0, 0.05) is 18.8 Å². The summed E-state index contributed by atoms with van der Waals surface area (Å²) < 4.78 is 29.4. The molecule has 0 spiro atoms. The van der Waals surface area contributed by atoms with Gasteiger partial charge in [-0.25, -0.2) is 13.1 Å². The van der Waals surface area contributed by atoms with E-state index in [0.29, 0.717) is 19.0 Å². The minimum absolute atomic E-state index is 0.0566. The summed E-state index contributed by atoms with van der Waals surface area (Å²) in [7, 11) is -3.47. The highest BCUT2D eigenvalue weighted by molar-refractivity contribution is 7.89. The molecule has 3 N–H and O–H groups in total. The van der Waals surface area contributed by atoms with Crippen LogP contribution in [0.15, 0.2) is 17.3 Å². The van der Waals surface area contributed by atoms with Crippen LogP contribution in [0.5, 0.6) is 0 Å². The Balaban J connectivity index is 2.05. The first kappa shape index (κ1) is 16.5. The lowest BCUT2D eigenvalue weighted by Gasteiger charge is -2.31. The van der Waals surface area contributed by atoms with Gasteiger partial charge in [0.2, 0.25) is 10.0 Å². The Hall–Kier alpha value is -0.920. The Bertz CT molecular complexity index is 541. The molecule has 1 heterocycles. The molecule has 1 aromatic rings. The van der Waals surface area contributed by atoms with E-state index in [1.807, 2.05) is 0 Å². The number of sulfonamides is 1. The van der Waals surface area contributed by atoms with Crippen molar-refractivity contribution in [3.63, 3.8) is 0 Å². The Morgan fingerprint density at radius 2 is 2.19 bits per heavy atom. The predicted molar refractivity (Wildman–Crippen MR) is 82.3 cm³/mol. The summed E-state index contributed by atoms with van der Waals surface area (Å²) in [5, 5.41) is 4.09. The minimum Gasteiger partial charge on any atom is -0.330 e. The number of hydrogen-bond acceptors (Lipinski definition) is 4. The molecule has 21 heavy (non-hydrogen) atoms. The van der Waals surface area contributed by atoms with Crippen LogP contribution < -0.4 is 10.5 Å². The maximum atomic E-state index is 12.5. The summed E-state index contributed by atoms with van der Waals surface area (Å²) in [6, 6.07) is 0.0566. The highest BCUT2D eigenvalue weighted by Gasteiger charge is 2.28. The monoisotopic (exact) mass is 314 g/mol. The van der Waals surface area contributed by atoms with Crippen molar-refractivity contribution in [3.05, 3.63) is 12.4 Å². The summed E-state index contributed by atoms with van der Waals surface area (Å²) >= 11 is 0. The summed E-state index contributed by atoms with van der Waals surface area (Å²) in [5.41, 5.74) is 5.45. The van der Waals surface area contributed by atoms with Crippen molar-refractivity contribution in [2.75, 3.05) is 6.54 Å². The maximum Gasteiger partial charge on any atom is 0.243 e. The molecule has 0 saturated heterocycles. The number of nitrogens with zero attached hydrogens (tertiary/aromatic N) is 2. The zero-order valence-corrected chi connectivity index (χ0v) is 13.5. The quantitative estimate of drug-likeness (QED) is 0.797. The third kappa shape index (κ3) is 4.28. The van der Waals surface area contributed by atoms with Crippen molar-refractivity contribution in [1.29, 1.82) is 0 Å². The topological polar surface area (TPSA) is 90.0 Å². The summed E-state index contributed by atoms with van der Waals surface area (Å²) in [6.07, 6.45) is 9.15. The van der Waals surface area contributed by atoms with E-state index < -0.39 is 10.0 Å². The van der Waals surface area contributed by atoms with Crippen molar-refractivity contribution in [2.45, 2.75) is 62.9 Å². The SMILES string of the molecule is CCC1CCCCC1NS(=O)(=O)c1cnn(CCCN)c1. The second-order valence-corrected chi connectivity index (χ2v) is 7.48.